The first-order valence-corrected chi connectivity index (χ1v) is 13.7. The molecule has 8 heteroatoms. The van der Waals surface area contributed by atoms with Gasteiger partial charge >= 0.3 is 0 Å². The van der Waals surface area contributed by atoms with Gasteiger partial charge in [-0.3, -0.25) is 9.88 Å². The van der Waals surface area contributed by atoms with Crippen LogP contribution in [0.3, 0.4) is 0 Å². The normalized spacial score (nSPS) is 20.7. The quantitative estimate of drug-likeness (QED) is 0.519. The molecular formula is C28H35N3O4S. The molecule has 0 radical (unpaired) electrons. The molecule has 0 aliphatic carbocycles. The van der Waals surface area contributed by atoms with Crippen molar-refractivity contribution >= 4 is 10.0 Å². The van der Waals surface area contributed by atoms with Crippen molar-refractivity contribution in [3.8, 4) is 16.9 Å². The Bertz CT molecular complexity index is 1280. The van der Waals surface area contributed by atoms with Gasteiger partial charge in [0.25, 0.3) is 0 Å². The fraction of sp³-hybridized carbons (Fsp3) is 0.393. The molecule has 1 aliphatic heterocycles. The highest BCUT2D eigenvalue weighted by Crippen LogP contribution is 2.37. The van der Waals surface area contributed by atoms with Gasteiger partial charge in [-0.05, 0) is 67.4 Å². The monoisotopic (exact) mass is 509 g/mol. The molecule has 0 bridgehead atoms. The number of aliphatic hydroxyl groups is 1. The molecule has 0 spiro atoms. The molecule has 192 valence electrons. The second-order valence-corrected chi connectivity index (χ2v) is 11.6. The maximum Gasteiger partial charge on any atom is 0.247 e. The summed E-state index contributed by atoms with van der Waals surface area (Å²) in [5.41, 5.74) is 4.18. The summed E-state index contributed by atoms with van der Waals surface area (Å²) in [6.45, 7) is 7.12. The summed E-state index contributed by atoms with van der Waals surface area (Å²) < 4.78 is 35.4. The Morgan fingerprint density at radius 1 is 1.17 bits per heavy atom. The van der Waals surface area contributed by atoms with Crippen LogP contribution >= 0.6 is 0 Å². The number of pyridine rings is 1. The van der Waals surface area contributed by atoms with Gasteiger partial charge in [-0.1, -0.05) is 37.3 Å². The maximum atomic E-state index is 13.7. The van der Waals surface area contributed by atoms with Gasteiger partial charge in [0.15, 0.2) is 0 Å². The lowest BCUT2D eigenvalue weighted by Gasteiger charge is -2.37. The summed E-state index contributed by atoms with van der Waals surface area (Å²) in [5.74, 6) is 0.240. The van der Waals surface area contributed by atoms with Crippen LogP contribution in [-0.2, 0) is 16.6 Å². The molecular weight excluding hydrogens is 474 g/mol. The summed E-state index contributed by atoms with van der Waals surface area (Å²) in [6, 6.07) is 16.7. The van der Waals surface area contributed by atoms with E-state index >= 15 is 0 Å². The molecule has 36 heavy (non-hydrogen) atoms. The highest BCUT2D eigenvalue weighted by Gasteiger charge is 2.38. The fourth-order valence-electron chi connectivity index (χ4n) is 4.68. The predicted molar refractivity (Wildman–Crippen MR) is 141 cm³/mol. The number of likely N-dealkylation sites (N-methyl/N-ethyl adjacent to an activating group) is 1. The second-order valence-electron chi connectivity index (χ2n) is 9.77. The van der Waals surface area contributed by atoms with E-state index in [0.717, 1.165) is 28.8 Å². The number of ether oxygens (including phenoxy) is 1. The second kappa shape index (κ2) is 11.1. The van der Waals surface area contributed by atoms with Crippen molar-refractivity contribution < 1.29 is 18.3 Å². The van der Waals surface area contributed by atoms with E-state index in [1.54, 1.807) is 25.4 Å². The Hall–Kier alpha value is -2.78. The van der Waals surface area contributed by atoms with E-state index in [1.807, 2.05) is 69.4 Å². The van der Waals surface area contributed by atoms with E-state index in [9.17, 15) is 13.5 Å². The molecule has 0 saturated carbocycles. The first-order chi connectivity index (χ1) is 17.2. The van der Waals surface area contributed by atoms with Crippen molar-refractivity contribution in [3.05, 3.63) is 78.1 Å². The van der Waals surface area contributed by atoms with Crippen molar-refractivity contribution in [1.82, 2.24) is 14.2 Å². The van der Waals surface area contributed by atoms with Crippen molar-refractivity contribution in [3.63, 3.8) is 0 Å². The molecule has 0 amide bonds. The fourth-order valence-corrected chi connectivity index (χ4v) is 6.51. The number of hydrogen-bond acceptors (Lipinski definition) is 6. The Labute approximate surface area is 214 Å². The molecule has 1 aromatic heterocycles. The molecule has 0 fully saturated rings. The van der Waals surface area contributed by atoms with Crippen LogP contribution in [0.25, 0.3) is 11.1 Å². The number of aryl methyl sites for hydroxylation is 1. The molecule has 0 saturated heterocycles. The summed E-state index contributed by atoms with van der Waals surface area (Å²) in [7, 11) is -1.84. The van der Waals surface area contributed by atoms with E-state index in [1.165, 1.54) is 4.31 Å². The van der Waals surface area contributed by atoms with Gasteiger partial charge in [0.1, 0.15) is 16.7 Å². The summed E-state index contributed by atoms with van der Waals surface area (Å²) in [5, 5.41) is 9.86. The lowest BCUT2D eigenvalue weighted by Crippen LogP contribution is -2.49. The number of nitrogens with zero attached hydrogens (tertiary/aromatic N) is 3. The maximum absolute atomic E-state index is 13.7. The van der Waals surface area contributed by atoms with E-state index in [2.05, 4.69) is 9.88 Å². The van der Waals surface area contributed by atoms with Crippen LogP contribution in [0.1, 0.15) is 25.0 Å². The third kappa shape index (κ3) is 5.62. The van der Waals surface area contributed by atoms with Gasteiger partial charge in [0.05, 0.1) is 6.61 Å². The van der Waals surface area contributed by atoms with Crippen LogP contribution < -0.4 is 4.74 Å². The van der Waals surface area contributed by atoms with Gasteiger partial charge in [-0.2, -0.15) is 4.31 Å². The third-order valence-electron chi connectivity index (χ3n) is 6.82. The van der Waals surface area contributed by atoms with Crippen LogP contribution in [0.5, 0.6) is 5.75 Å². The lowest BCUT2D eigenvalue weighted by atomic mass is 10.00. The van der Waals surface area contributed by atoms with Crippen molar-refractivity contribution in [1.29, 1.82) is 0 Å². The number of hydrogen-bond donors (Lipinski definition) is 1. The lowest BCUT2D eigenvalue weighted by molar-refractivity contribution is 0.0734. The largest absolute Gasteiger partial charge is 0.487 e. The molecule has 2 heterocycles. The minimum atomic E-state index is -3.87. The minimum absolute atomic E-state index is 0.107. The van der Waals surface area contributed by atoms with E-state index in [4.69, 9.17) is 4.74 Å². The molecule has 2 aromatic carbocycles. The molecule has 3 aromatic rings. The van der Waals surface area contributed by atoms with Gasteiger partial charge in [0, 0.05) is 44.0 Å². The summed E-state index contributed by atoms with van der Waals surface area (Å²) >= 11 is 0. The summed E-state index contributed by atoms with van der Waals surface area (Å²) in [6.07, 6.45) is 3.30. The van der Waals surface area contributed by atoms with Crippen LogP contribution in [0.2, 0.25) is 0 Å². The third-order valence-corrected chi connectivity index (χ3v) is 8.84. The van der Waals surface area contributed by atoms with Gasteiger partial charge < -0.3 is 9.84 Å². The van der Waals surface area contributed by atoms with E-state index < -0.39 is 16.1 Å². The topological polar surface area (TPSA) is 83.0 Å². The number of aliphatic hydroxyl groups excluding tert-OH is 1. The Balaban J connectivity index is 1.74. The van der Waals surface area contributed by atoms with Crippen molar-refractivity contribution in [2.24, 2.45) is 5.92 Å². The van der Waals surface area contributed by atoms with Crippen LogP contribution in [0, 0.1) is 12.8 Å². The SMILES string of the molecule is Cc1ccccc1-c1ccc2c(c1)O[C@H](CN(C)Cc1ccncc1)[C@H](C)CN([C@H](C)CO)S2(=O)=O. The Morgan fingerprint density at radius 2 is 1.89 bits per heavy atom. The number of sulfonamides is 1. The van der Waals surface area contributed by atoms with Crippen LogP contribution in [0.4, 0.5) is 0 Å². The average Bonchev–Trinajstić information content (AvgIpc) is 2.86. The van der Waals surface area contributed by atoms with Gasteiger partial charge in [0.2, 0.25) is 10.0 Å². The van der Waals surface area contributed by atoms with Crippen LogP contribution in [-0.4, -0.2) is 66.6 Å². The zero-order chi connectivity index (χ0) is 25.9. The molecule has 4 rings (SSSR count). The van der Waals surface area contributed by atoms with E-state index in [0.29, 0.717) is 12.3 Å². The smallest absolute Gasteiger partial charge is 0.247 e. The van der Waals surface area contributed by atoms with E-state index in [-0.39, 0.29) is 30.1 Å². The van der Waals surface area contributed by atoms with Crippen molar-refractivity contribution in [2.45, 2.75) is 44.4 Å². The molecule has 0 unspecified atom stereocenters. The molecule has 1 aliphatic rings. The Morgan fingerprint density at radius 3 is 2.58 bits per heavy atom. The zero-order valence-corrected chi connectivity index (χ0v) is 22.1. The number of benzene rings is 2. The zero-order valence-electron chi connectivity index (χ0n) is 21.3. The summed E-state index contributed by atoms with van der Waals surface area (Å²) in [4.78, 5) is 6.40. The van der Waals surface area contributed by atoms with Gasteiger partial charge in [-0.25, -0.2) is 8.42 Å². The number of fused-ring (bicyclic) bond motifs is 1. The van der Waals surface area contributed by atoms with Crippen LogP contribution in [0.15, 0.2) is 71.9 Å². The standard InChI is InChI=1S/C28H35N3O4S/c1-20-7-5-6-8-25(20)24-9-10-28-26(15-24)35-27(18-30(4)17-23-11-13-29-14-12-23)21(2)16-31(22(3)19-32)36(28,33)34/h5-15,21-22,27,32H,16-19H2,1-4H3/t21-,22-,27-/m1/s1. The number of rotatable bonds is 7. The minimum Gasteiger partial charge on any atom is -0.487 e. The van der Waals surface area contributed by atoms with Gasteiger partial charge in [-0.15, -0.1) is 0 Å². The number of aromatic nitrogens is 1. The average molecular weight is 510 g/mol. The molecule has 1 N–H and O–H groups in total. The highest BCUT2D eigenvalue weighted by atomic mass is 32.2. The predicted octanol–water partition coefficient (Wildman–Crippen LogP) is 3.96. The Kier molecular flexibility index (Phi) is 8.10. The first-order valence-electron chi connectivity index (χ1n) is 12.3. The highest BCUT2D eigenvalue weighted by molar-refractivity contribution is 7.89. The first kappa shape index (κ1) is 26.3. The molecule has 3 atom stereocenters. The molecule has 7 nitrogen and oxygen atoms in total. The van der Waals surface area contributed by atoms with Crippen molar-refractivity contribution in [2.75, 3.05) is 26.7 Å².